The van der Waals surface area contributed by atoms with E-state index in [1.807, 2.05) is 32.9 Å². The molecule has 1 N–H and O–H groups in total. The van der Waals surface area contributed by atoms with E-state index in [-0.39, 0.29) is 4.90 Å². The topological polar surface area (TPSA) is 62.8 Å². The summed E-state index contributed by atoms with van der Waals surface area (Å²) in [5.41, 5.74) is 3.33. The molecule has 0 amide bonds. The Kier molecular flexibility index (Phi) is 3.10. The number of rotatable bonds is 2. The van der Waals surface area contributed by atoms with Crippen molar-refractivity contribution in [3.63, 3.8) is 0 Å². The Bertz CT molecular complexity index is 917. The Labute approximate surface area is 123 Å². The van der Waals surface area contributed by atoms with Crippen LogP contribution in [0.2, 0.25) is 0 Å². The van der Waals surface area contributed by atoms with Gasteiger partial charge in [0.05, 0.1) is 21.5 Å². The molecule has 0 atom stereocenters. The fraction of sp³-hybridized carbons (Fsp3) is 0.188. The number of nitrogens with one attached hydrogen (secondary N) is 1. The highest BCUT2D eigenvalue weighted by atomic mass is 32.2. The third-order valence-corrected chi connectivity index (χ3v) is 5.65. The molecule has 0 spiro atoms. The second kappa shape index (κ2) is 4.70. The van der Waals surface area contributed by atoms with Crippen molar-refractivity contribution in [3.8, 4) is 0 Å². The zero-order chi connectivity index (χ0) is 15.2. The van der Waals surface area contributed by atoms with E-state index in [1.165, 1.54) is 0 Å². The molecular weight excluding hydrogens is 284 g/mol. The van der Waals surface area contributed by atoms with Crippen molar-refractivity contribution in [2.24, 2.45) is 0 Å². The summed E-state index contributed by atoms with van der Waals surface area (Å²) in [4.78, 5) is 0.682. The van der Waals surface area contributed by atoms with Gasteiger partial charge in [0.25, 0.3) is 0 Å². The van der Waals surface area contributed by atoms with Crippen LogP contribution in [0.5, 0.6) is 0 Å². The minimum atomic E-state index is -3.53. The molecule has 2 aromatic carbocycles. The van der Waals surface area contributed by atoms with E-state index in [9.17, 15) is 8.42 Å². The summed E-state index contributed by atoms with van der Waals surface area (Å²) in [5, 5.41) is 7.63. The lowest BCUT2D eigenvalue weighted by molar-refractivity contribution is 0.595. The molecule has 21 heavy (non-hydrogen) atoms. The van der Waals surface area contributed by atoms with Gasteiger partial charge in [-0.15, -0.1) is 0 Å². The van der Waals surface area contributed by atoms with Gasteiger partial charge in [-0.1, -0.05) is 17.7 Å². The smallest absolute Gasteiger partial charge is 0.207 e. The minimum absolute atomic E-state index is 0.286. The molecule has 0 fully saturated rings. The Morgan fingerprint density at radius 3 is 2.33 bits per heavy atom. The zero-order valence-electron chi connectivity index (χ0n) is 12.1. The average molecular weight is 300 g/mol. The standard InChI is InChI=1S/C16H16N2O2S/c1-10-6-11(2)16(12(3)7-10)21(19,20)14-5-4-13-9-17-18-15(13)8-14/h4-9H,1-3H3,(H,17,18). The van der Waals surface area contributed by atoms with Gasteiger partial charge >= 0.3 is 0 Å². The van der Waals surface area contributed by atoms with Crippen molar-refractivity contribution in [1.82, 2.24) is 10.2 Å². The summed E-state index contributed by atoms with van der Waals surface area (Å²) in [6, 6.07) is 8.83. The van der Waals surface area contributed by atoms with Crippen LogP contribution < -0.4 is 0 Å². The first-order valence-corrected chi connectivity index (χ1v) is 8.14. The van der Waals surface area contributed by atoms with Gasteiger partial charge in [-0.3, -0.25) is 5.10 Å². The third kappa shape index (κ3) is 2.23. The van der Waals surface area contributed by atoms with Crippen LogP contribution in [0.25, 0.3) is 10.9 Å². The molecule has 3 aromatic rings. The summed E-state index contributed by atoms with van der Waals surface area (Å²) in [7, 11) is -3.53. The number of aryl methyl sites for hydroxylation is 3. The number of aromatic nitrogens is 2. The van der Waals surface area contributed by atoms with Crippen molar-refractivity contribution in [2.45, 2.75) is 30.6 Å². The second-order valence-corrected chi connectivity index (χ2v) is 7.24. The number of hydrogen-bond donors (Lipinski definition) is 1. The Morgan fingerprint density at radius 1 is 1.00 bits per heavy atom. The first kappa shape index (κ1) is 13.8. The molecule has 0 aliphatic rings. The van der Waals surface area contributed by atoms with Gasteiger partial charge in [0.15, 0.2) is 0 Å². The lowest BCUT2D eigenvalue weighted by atomic mass is 10.1. The molecular formula is C16H16N2O2S. The average Bonchev–Trinajstić information content (AvgIpc) is 2.83. The monoisotopic (exact) mass is 300 g/mol. The first-order chi connectivity index (χ1) is 9.89. The predicted molar refractivity (Wildman–Crippen MR) is 82.2 cm³/mol. The maximum atomic E-state index is 12.9. The fourth-order valence-electron chi connectivity index (χ4n) is 2.79. The largest absolute Gasteiger partial charge is 0.278 e. The highest BCUT2D eigenvalue weighted by molar-refractivity contribution is 7.91. The molecule has 0 aliphatic carbocycles. The highest BCUT2D eigenvalue weighted by Gasteiger charge is 2.22. The highest BCUT2D eigenvalue weighted by Crippen LogP contribution is 2.29. The molecule has 108 valence electrons. The summed E-state index contributed by atoms with van der Waals surface area (Å²) in [6.07, 6.45) is 1.67. The van der Waals surface area contributed by atoms with Gasteiger partial charge in [-0.05, 0) is 50.1 Å². The Balaban J connectivity index is 2.25. The number of H-pyrrole nitrogens is 1. The maximum absolute atomic E-state index is 12.9. The summed E-state index contributed by atoms with van der Waals surface area (Å²) in [6.45, 7) is 5.64. The molecule has 0 aliphatic heterocycles. The van der Waals surface area contributed by atoms with Gasteiger partial charge < -0.3 is 0 Å². The van der Waals surface area contributed by atoms with E-state index < -0.39 is 9.84 Å². The van der Waals surface area contributed by atoms with Crippen LogP contribution in [0.1, 0.15) is 16.7 Å². The van der Waals surface area contributed by atoms with Crippen LogP contribution in [0.4, 0.5) is 0 Å². The van der Waals surface area contributed by atoms with E-state index in [0.717, 1.165) is 27.6 Å². The van der Waals surface area contributed by atoms with Crippen molar-refractivity contribution >= 4 is 20.7 Å². The number of nitrogens with zero attached hydrogens (tertiary/aromatic N) is 1. The SMILES string of the molecule is Cc1cc(C)c(S(=O)(=O)c2ccc3cn[nH]c3c2)c(C)c1. The van der Waals surface area contributed by atoms with E-state index in [0.29, 0.717) is 4.90 Å². The number of hydrogen-bond acceptors (Lipinski definition) is 3. The second-order valence-electron chi connectivity index (χ2n) is 5.35. The maximum Gasteiger partial charge on any atom is 0.207 e. The molecule has 0 saturated heterocycles. The molecule has 0 unspecified atom stereocenters. The normalized spacial score (nSPS) is 12.0. The van der Waals surface area contributed by atoms with Crippen molar-refractivity contribution < 1.29 is 8.42 Å². The van der Waals surface area contributed by atoms with E-state index in [1.54, 1.807) is 24.4 Å². The molecule has 0 saturated carbocycles. The minimum Gasteiger partial charge on any atom is -0.278 e. The van der Waals surface area contributed by atoms with Crippen LogP contribution in [-0.4, -0.2) is 18.6 Å². The summed E-state index contributed by atoms with van der Waals surface area (Å²) < 4.78 is 25.8. The summed E-state index contributed by atoms with van der Waals surface area (Å²) in [5.74, 6) is 0. The lowest BCUT2D eigenvalue weighted by Crippen LogP contribution is -2.07. The van der Waals surface area contributed by atoms with Crippen LogP contribution in [0.3, 0.4) is 0 Å². The molecule has 1 aromatic heterocycles. The molecule has 5 heteroatoms. The lowest BCUT2D eigenvalue weighted by Gasteiger charge is -2.12. The van der Waals surface area contributed by atoms with Crippen LogP contribution >= 0.6 is 0 Å². The van der Waals surface area contributed by atoms with Gasteiger partial charge in [-0.25, -0.2) is 8.42 Å². The van der Waals surface area contributed by atoms with Crippen molar-refractivity contribution in [1.29, 1.82) is 0 Å². The van der Waals surface area contributed by atoms with E-state index in [2.05, 4.69) is 10.2 Å². The molecule has 1 heterocycles. The summed E-state index contributed by atoms with van der Waals surface area (Å²) >= 11 is 0. The zero-order valence-corrected chi connectivity index (χ0v) is 13.0. The van der Waals surface area contributed by atoms with Gasteiger partial charge in [0.2, 0.25) is 9.84 Å². The van der Waals surface area contributed by atoms with Gasteiger partial charge in [0.1, 0.15) is 0 Å². The van der Waals surface area contributed by atoms with Crippen molar-refractivity contribution in [2.75, 3.05) is 0 Å². The number of fused-ring (bicyclic) bond motifs is 1. The first-order valence-electron chi connectivity index (χ1n) is 6.65. The van der Waals surface area contributed by atoms with Crippen LogP contribution in [0.15, 0.2) is 46.3 Å². The molecule has 0 bridgehead atoms. The third-order valence-electron chi connectivity index (χ3n) is 3.60. The number of benzene rings is 2. The Morgan fingerprint density at radius 2 is 1.67 bits per heavy atom. The quantitative estimate of drug-likeness (QED) is 0.789. The van der Waals surface area contributed by atoms with Gasteiger partial charge in [0, 0.05) is 5.39 Å². The predicted octanol–water partition coefficient (Wildman–Crippen LogP) is 3.32. The van der Waals surface area contributed by atoms with Crippen molar-refractivity contribution in [3.05, 3.63) is 53.2 Å². The fourth-order valence-corrected chi connectivity index (χ4v) is 4.51. The number of sulfone groups is 1. The van der Waals surface area contributed by atoms with Crippen LogP contribution in [0, 0.1) is 20.8 Å². The van der Waals surface area contributed by atoms with E-state index >= 15 is 0 Å². The van der Waals surface area contributed by atoms with Gasteiger partial charge in [-0.2, -0.15) is 5.10 Å². The molecule has 0 radical (unpaired) electrons. The molecule has 4 nitrogen and oxygen atoms in total. The van der Waals surface area contributed by atoms with E-state index in [4.69, 9.17) is 0 Å². The number of aromatic amines is 1. The molecule has 3 rings (SSSR count). The van der Waals surface area contributed by atoms with Crippen LogP contribution in [-0.2, 0) is 9.84 Å². The Hall–Kier alpha value is -2.14.